The van der Waals surface area contributed by atoms with Crippen LogP contribution in [0.15, 0.2) is 18.2 Å². The summed E-state index contributed by atoms with van der Waals surface area (Å²) >= 11 is 0. The van der Waals surface area contributed by atoms with Gasteiger partial charge in [0.2, 0.25) is 0 Å². The van der Waals surface area contributed by atoms with E-state index in [2.05, 4.69) is 20.7 Å². The summed E-state index contributed by atoms with van der Waals surface area (Å²) < 4.78 is 0. The quantitative estimate of drug-likeness (QED) is 0.774. The van der Waals surface area contributed by atoms with E-state index in [0.717, 1.165) is 0 Å². The molecule has 0 spiro atoms. The van der Waals surface area contributed by atoms with Crippen LogP contribution in [0, 0.1) is 5.92 Å². The number of aliphatic carboxylic acids is 1. The van der Waals surface area contributed by atoms with Crippen molar-refractivity contribution in [3.63, 3.8) is 0 Å². The lowest BCUT2D eigenvalue weighted by Gasteiger charge is -2.33. The molecule has 1 atom stereocenters. The lowest BCUT2D eigenvalue weighted by molar-refractivity contribution is -0.138. The SMILES string of the molecule is CC(C)C(C)(CC(=O)O)NC(=O)c1ccc2n[nH]nc2c1. The second-order valence-electron chi connectivity index (χ2n) is 5.62. The summed E-state index contributed by atoms with van der Waals surface area (Å²) in [7, 11) is 0. The number of carboxylic acid groups (broad SMARTS) is 1. The number of aromatic amines is 1. The lowest BCUT2D eigenvalue weighted by atomic mass is 9.85. The van der Waals surface area contributed by atoms with Gasteiger partial charge in [-0.05, 0) is 31.0 Å². The zero-order valence-electron chi connectivity index (χ0n) is 12.2. The van der Waals surface area contributed by atoms with Gasteiger partial charge in [0.1, 0.15) is 11.0 Å². The van der Waals surface area contributed by atoms with Crippen molar-refractivity contribution in [2.45, 2.75) is 32.7 Å². The van der Waals surface area contributed by atoms with Crippen molar-refractivity contribution < 1.29 is 14.7 Å². The third kappa shape index (κ3) is 3.18. The number of carbonyl (C=O) groups is 2. The maximum absolute atomic E-state index is 12.3. The minimum Gasteiger partial charge on any atom is -0.481 e. The van der Waals surface area contributed by atoms with E-state index in [1.807, 2.05) is 13.8 Å². The lowest BCUT2D eigenvalue weighted by Crippen LogP contribution is -2.51. The van der Waals surface area contributed by atoms with E-state index in [1.54, 1.807) is 25.1 Å². The van der Waals surface area contributed by atoms with Gasteiger partial charge >= 0.3 is 5.97 Å². The molecule has 7 nitrogen and oxygen atoms in total. The maximum Gasteiger partial charge on any atom is 0.305 e. The molecule has 2 aromatic rings. The molecule has 0 aliphatic carbocycles. The van der Waals surface area contributed by atoms with Crippen molar-refractivity contribution in [1.29, 1.82) is 0 Å². The Hall–Kier alpha value is -2.44. The normalized spacial score (nSPS) is 14.1. The van der Waals surface area contributed by atoms with E-state index in [1.165, 1.54) is 0 Å². The highest BCUT2D eigenvalue weighted by atomic mass is 16.4. The van der Waals surface area contributed by atoms with Gasteiger partial charge in [-0.2, -0.15) is 15.4 Å². The molecule has 0 radical (unpaired) electrons. The molecule has 2 rings (SSSR count). The summed E-state index contributed by atoms with van der Waals surface area (Å²) in [6.45, 7) is 5.49. The molecule has 3 N–H and O–H groups in total. The van der Waals surface area contributed by atoms with Crippen LogP contribution in [0.1, 0.15) is 37.6 Å². The van der Waals surface area contributed by atoms with Gasteiger partial charge in [-0.1, -0.05) is 13.8 Å². The van der Waals surface area contributed by atoms with E-state index in [0.29, 0.717) is 16.6 Å². The van der Waals surface area contributed by atoms with Gasteiger partial charge in [-0.3, -0.25) is 9.59 Å². The number of benzene rings is 1. The minimum absolute atomic E-state index is 0.0201. The third-order valence-corrected chi connectivity index (χ3v) is 3.77. The standard InChI is InChI=1S/C14H18N4O3/c1-8(2)14(3,7-12(19)20)15-13(21)9-4-5-10-11(6-9)17-18-16-10/h4-6,8H,7H2,1-3H3,(H,15,21)(H,19,20)(H,16,17,18). The molecule has 1 aromatic carbocycles. The van der Waals surface area contributed by atoms with Gasteiger partial charge in [-0.15, -0.1) is 0 Å². The number of H-pyrrole nitrogens is 1. The molecule has 0 saturated heterocycles. The van der Waals surface area contributed by atoms with Gasteiger partial charge in [0.05, 0.1) is 12.0 Å². The number of carbonyl (C=O) groups excluding carboxylic acids is 1. The van der Waals surface area contributed by atoms with Crippen LogP contribution in [0.5, 0.6) is 0 Å². The van der Waals surface area contributed by atoms with Crippen LogP contribution in [0.3, 0.4) is 0 Å². The number of rotatable bonds is 5. The molecule has 1 aromatic heterocycles. The van der Waals surface area contributed by atoms with Crippen molar-refractivity contribution in [1.82, 2.24) is 20.7 Å². The molecular formula is C14H18N4O3. The van der Waals surface area contributed by atoms with Gasteiger partial charge in [-0.25, -0.2) is 0 Å². The molecule has 0 bridgehead atoms. The molecule has 112 valence electrons. The topological polar surface area (TPSA) is 108 Å². The van der Waals surface area contributed by atoms with E-state index < -0.39 is 11.5 Å². The number of aromatic nitrogens is 3. The van der Waals surface area contributed by atoms with Crippen molar-refractivity contribution >= 4 is 22.9 Å². The number of nitrogens with one attached hydrogen (secondary N) is 2. The van der Waals surface area contributed by atoms with Gasteiger partial charge in [0.25, 0.3) is 5.91 Å². The molecule has 1 unspecified atom stereocenters. The Bertz CT molecular complexity index is 680. The molecule has 1 heterocycles. The first kappa shape index (κ1) is 15.0. The van der Waals surface area contributed by atoms with Crippen molar-refractivity contribution in [3.8, 4) is 0 Å². The Morgan fingerprint density at radius 3 is 2.62 bits per heavy atom. The number of amides is 1. The van der Waals surface area contributed by atoms with Crippen LogP contribution in [-0.2, 0) is 4.79 Å². The zero-order valence-corrected chi connectivity index (χ0v) is 12.2. The fourth-order valence-corrected chi connectivity index (χ4v) is 2.02. The van der Waals surface area contributed by atoms with Crippen LogP contribution in [-0.4, -0.2) is 37.9 Å². The average Bonchev–Trinajstić information content (AvgIpc) is 2.84. The van der Waals surface area contributed by atoms with Crippen LogP contribution < -0.4 is 5.32 Å². The van der Waals surface area contributed by atoms with E-state index in [-0.39, 0.29) is 18.2 Å². The summed E-state index contributed by atoms with van der Waals surface area (Å²) in [5, 5.41) is 22.2. The summed E-state index contributed by atoms with van der Waals surface area (Å²) in [4.78, 5) is 23.4. The van der Waals surface area contributed by atoms with Crippen LogP contribution in [0.25, 0.3) is 11.0 Å². The first-order valence-corrected chi connectivity index (χ1v) is 6.66. The summed E-state index contributed by atoms with van der Waals surface area (Å²) in [5.74, 6) is -1.29. The van der Waals surface area contributed by atoms with Crippen molar-refractivity contribution in [2.24, 2.45) is 5.92 Å². The van der Waals surface area contributed by atoms with E-state index >= 15 is 0 Å². The van der Waals surface area contributed by atoms with E-state index in [4.69, 9.17) is 5.11 Å². The maximum atomic E-state index is 12.3. The molecule has 0 saturated carbocycles. The summed E-state index contributed by atoms with van der Waals surface area (Å²) in [5.41, 5.74) is 0.867. The van der Waals surface area contributed by atoms with Crippen LogP contribution in [0.2, 0.25) is 0 Å². The Morgan fingerprint density at radius 1 is 1.33 bits per heavy atom. The number of carboxylic acids is 1. The van der Waals surface area contributed by atoms with Crippen molar-refractivity contribution in [2.75, 3.05) is 0 Å². The molecule has 1 amide bonds. The van der Waals surface area contributed by atoms with Crippen LogP contribution >= 0.6 is 0 Å². The fraction of sp³-hybridized carbons (Fsp3) is 0.429. The minimum atomic E-state index is -0.946. The molecule has 0 aliphatic rings. The molecule has 0 aliphatic heterocycles. The number of hydrogen-bond acceptors (Lipinski definition) is 4. The average molecular weight is 290 g/mol. The number of fused-ring (bicyclic) bond motifs is 1. The van der Waals surface area contributed by atoms with Crippen LogP contribution in [0.4, 0.5) is 0 Å². The summed E-state index contributed by atoms with van der Waals surface area (Å²) in [6, 6.07) is 4.95. The Labute approximate surface area is 121 Å². The third-order valence-electron chi connectivity index (χ3n) is 3.77. The molecular weight excluding hydrogens is 272 g/mol. The zero-order chi connectivity index (χ0) is 15.6. The van der Waals surface area contributed by atoms with E-state index in [9.17, 15) is 9.59 Å². The van der Waals surface area contributed by atoms with Gasteiger partial charge in [0, 0.05) is 5.56 Å². The summed E-state index contributed by atoms with van der Waals surface area (Å²) in [6.07, 6.45) is -0.136. The Morgan fingerprint density at radius 2 is 2.00 bits per heavy atom. The molecule has 7 heteroatoms. The first-order valence-electron chi connectivity index (χ1n) is 6.66. The predicted octanol–water partition coefficient (Wildman–Crippen LogP) is 1.58. The fourth-order valence-electron chi connectivity index (χ4n) is 2.02. The Balaban J connectivity index is 2.23. The molecule has 0 fully saturated rings. The monoisotopic (exact) mass is 290 g/mol. The number of hydrogen-bond donors (Lipinski definition) is 3. The highest BCUT2D eigenvalue weighted by Gasteiger charge is 2.33. The molecule has 21 heavy (non-hydrogen) atoms. The highest BCUT2D eigenvalue weighted by Crippen LogP contribution is 2.22. The van der Waals surface area contributed by atoms with Gasteiger partial charge < -0.3 is 10.4 Å². The second kappa shape index (κ2) is 5.51. The largest absolute Gasteiger partial charge is 0.481 e. The highest BCUT2D eigenvalue weighted by molar-refractivity contribution is 5.97. The number of nitrogens with zero attached hydrogens (tertiary/aromatic N) is 2. The van der Waals surface area contributed by atoms with Gasteiger partial charge in [0.15, 0.2) is 0 Å². The smallest absolute Gasteiger partial charge is 0.305 e. The van der Waals surface area contributed by atoms with Crippen molar-refractivity contribution in [3.05, 3.63) is 23.8 Å². The second-order valence-corrected chi connectivity index (χ2v) is 5.62. The Kier molecular flexibility index (Phi) is 3.93. The first-order chi connectivity index (χ1) is 9.82. The predicted molar refractivity (Wildman–Crippen MR) is 76.9 cm³/mol.